The Morgan fingerprint density at radius 2 is 2.00 bits per heavy atom. The summed E-state index contributed by atoms with van der Waals surface area (Å²) >= 11 is 0. The zero-order valence-electron chi connectivity index (χ0n) is 12.5. The Kier molecular flexibility index (Phi) is 4.44. The van der Waals surface area contributed by atoms with Gasteiger partial charge in [-0.1, -0.05) is 45.0 Å². The summed E-state index contributed by atoms with van der Waals surface area (Å²) in [6, 6.07) is 8.84. The molecule has 0 heterocycles. The minimum atomic E-state index is -0.176. The maximum atomic E-state index is 12.0. The van der Waals surface area contributed by atoms with E-state index in [9.17, 15) is 4.79 Å². The van der Waals surface area contributed by atoms with E-state index < -0.39 is 0 Å². The molecule has 1 aromatic carbocycles. The number of Topliss-reactive ketones (excluding diaryl/α,β-unsaturated/α-hetero) is 1. The first-order valence-corrected chi connectivity index (χ1v) is 7.59. The third kappa shape index (κ3) is 3.68. The fraction of sp³-hybridized carbons (Fsp3) is 0.611. The molecule has 2 rings (SSSR count). The molecule has 1 aliphatic rings. The Balaban J connectivity index is 1.90. The molecule has 0 saturated carbocycles. The van der Waals surface area contributed by atoms with E-state index in [0.717, 1.165) is 12.8 Å². The van der Waals surface area contributed by atoms with Gasteiger partial charge in [0.2, 0.25) is 0 Å². The number of fused-ring (bicyclic) bond motifs is 1. The molecule has 1 aliphatic carbocycles. The Morgan fingerprint density at radius 1 is 1.26 bits per heavy atom. The van der Waals surface area contributed by atoms with Crippen LogP contribution in [0.1, 0.15) is 69.9 Å². The molecule has 0 radical (unpaired) electrons. The van der Waals surface area contributed by atoms with E-state index in [0.29, 0.717) is 11.7 Å². The normalized spacial score (nSPS) is 19.0. The second-order valence-electron chi connectivity index (χ2n) is 6.85. The first-order chi connectivity index (χ1) is 8.98. The highest BCUT2D eigenvalue weighted by Crippen LogP contribution is 2.35. The molecule has 104 valence electrons. The maximum absolute atomic E-state index is 12.0. The molecule has 0 aliphatic heterocycles. The third-order valence-corrected chi connectivity index (χ3v) is 4.29. The van der Waals surface area contributed by atoms with E-state index in [4.69, 9.17) is 0 Å². The third-order valence-electron chi connectivity index (χ3n) is 4.29. The van der Waals surface area contributed by atoms with Crippen LogP contribution in [0.3, 0.4) is 0 Å². The molecular weight excluding hydrogens is 232 g/mol. The molecule has 1 atom stereocenters. The summed E-state index contributed by atoms with van der Waals surface area (Å²) in [5.41, 5.74) is 2.89. The monoisotopic (exact) mass is 258 g/mol. The molecule has 0 amide bonds. The lowest BCUT2D eigenvalue weighted by molar-refractivity contribution is -0.126. The topological polar surface area (TPSA) is 17.1 Å². The summed E-state index contributed by atoms with van der Waals surface area (Å²) in [5.74, 6) is 1.08. The van der Waals surface area contributed by atoms with Crippen LogP contribution in [0.2, 0.25) is 0 Å². The van der Waals surface area contributed by atoms with E-state index in [1.54, 1.807) is 0 Å². The number of aryl methyl sites for hydroxylation is 1. The van der Waals surface area contributed by atoms with Crippen molar-refractivity contribution >= 4 is 5.78 Å². The highest BCUT2D eigenvalue weighted by Gasteiger charge is 2.23. The van der Waals surface area contributed by atoms with Crippen molar-refractivity contribution in [1.29, 1.82) is 0 Å². The fourth-order valence-electron chi connectivity index (χ4n) is 3.04. The van der Waals surface area contributed by atoms with Crippen LogP contribution < -0.4 is 0 Å². The van der Waals surface area contributed by atoms with Gasteiger partial charge in [-0.15, -0.1) is 0 Å². The molecule has 1 aromatic rings. The van der Waals surface area contributed by atoms with Gasteiger partial charge in [0.15, 0.2) is 0 Å². The largest absolute Gasteiger partial charge is 0.299 e. The minimum absolute atomic E-state index is 0.176. The Hall–Kier alpha value is -1.11. The van der Waals surface area contributed by atoms with E-state index >= 15 is 0 Å². The number of rotatable bonds is 4. The van der Waals surface area contributed by atoms with Gasteiger partial charge in [0.25, 0.3) is 0 Å². The second kappa shape index (κ2) is 5.90. The van der Waals surface area contributed by atoms with Gasteiger partial charge in [-0.05, 0) is 49.1 Å². The zero-order chi connectivity index (χ0) is 13.9. The molecule has 0 N–H and O–H groups in total. The van der Waals surface area contributed by atoms with Crippen molar-refractivity contribution in [3.63, 3.8) is 0 Å². The molecule has 0 aromatic heterocycles. The Morgan fingerprint density at radius 3 is 2.74 bits per heavy atom. The lowest BCUT2D eigenvalue weighted by atomic mass is 9.79. The zero-order valence-corrected chi connectivity index (χ0v) is 12.5. The average Bonchev–Trinajstić information content (AvgIpc) is 2.38. The first-order valence-electron chi connectivity index (χ1n) is 7.59. The molecular formula is C18H26O. The van der Waals surface area contributed by atoms with E-state index in [-0.39, 0.29) is 5.41 Å². The SMILES string of the molecule is CC(C)(C)C(=O)CCCC1CCCc2ccccc21. The number of carbonyl (C=O) groups excluding carboxylic acids is 1. The highest BCUT2D eigenvalue weighted by molar-refractivity contribution is 5.83. The maximum Gasteiger partial charge on any atom is 0.138 e. The highest BCUT2D eigenvalue weighted by atomic mass is 16.1. The van der Waals surface area contributed by atoms with Crippen molar-refractivity contribution in [2.24, 2.45) is 5.41 Å². The van der Waals surface area contributed by atoms with Gasteiger partial charge in [0, 0.05) is 11.8 Å². The summed E-state index contributed by atoms with van der Waals surface area (Å²) in [7, 11) is 0. The Bertz CT molecular complexity index is 439. The molecule has 0 saturated heterocycles. The van der Waals surface area contributed by atoms with Crippen molar-refractivity contribution in [2.45, 2.75) is 65.2 Å². The van der Waals surface area contributed by atoms with Crippen LogP contribution in [-0.4, -0.2) is 5.78 Å². The molecule has 1 heteroatoms. The predicted octanol–water partition coefficient (Wildman–Crippen LogP) is 4.89. The van der Waals surface area contributed by atoms with Gasteiger partial charge in [-0.2, -0.15) is 0 Å². The number of ketones is 1. The number of hydrogen-bond donors (Lipinski definition) is 0. The Labute approximate surface area is 117 Å². The lowest BCUT2D eigenvalue weighted by Gasteiger charge is -2.25. The first kappa shape index (κ1) is 14.3. The number of carbonyl (C=O) groups is 1. The summed E-state index contributed by atoms with van der Waals surface area (Å²) < 4.78 is 0. The predicted molar refractivity (Wildman–Crippen MR) is 80.4 cm³/mol. The van der Waals surface area contributed by atoms with Crippen LogP contribution in [0.15, 0.2) is 24.3 Å². The van der Waals surface area contributed by atoms with E-state index in [2.05, 4.69) is 24.3 Å². The van der Waals surface area contributed by atoms with Gasteiger partial charge >= 0.3 is 0 Å². The van der Waals surface area contributed by atoms with Crippen LogP contribution in [0.25, 0.3) is 0 Å². The quantitative estimate of drug-likeness (QED) is 0.751. The van der Waals surface area contributed by atoms with Gasteiger partial charge < -0.3 is 0 Å². The van der Waals surface area contributed by atoms with Crippen molar-refractivity contribution in [3.05, 3.63) is 35.4 Å². The van der Waals surface area contributed by atoms with Crippen LogP contribution in [-0.2, 0) is 11.2 Å². The van der Waals surface area contributed by atoms with Crippen molar-refractivity contribution in [2.75, 3.05) is 0 Å². The van der Waals surface area contributed by atoms with Crippen LogP contribution in [0.5, 0.6) is 0 Å². The lowest BCUT2D eigenvalue weighted by Crippen LogP contribution is -2.20. The summed E-state index contributed by atoms with van der Waals surface area (Å²) in [6.07, 6.45) is 6.76. The molecule has 0 bridgehead atoms. The van der Waals surface area contributed by atoms with Gasteiger partial charge in [-0.3, -0.25) is 4.79 Å². The molecule has 0 fully saturated rings. The van der Waals surface area contributed by atoms with Gasteiger partial charge in [-0.25, -0.2) is 0 Å². The van der Waals surface area contributed by atoms with E-state index in [1.165, 1.54) is 36.8 Å². The van der Waals surface area contributed by atoms with Crippen LogP contribution in [0, 0.1) is 5.41 Å². The number of hydrogen-bond acceptors (Lipinski definition) is 1. The molecule has 19 heavy (non-hydrogen) atoms. The smallest absolute Gasteiger partial charge is 0.138 e. The van der Waals surface area contributed by atoms with Crippen molar-refractivity contribution in [1.82, 2.24) is 0 Å². The fourth-order valence-corrected chi connectivity index (χ4v) is 3.04. The van der Waals surface area contributed by atoms with Crippen molar-refractivity contribution < 1.29 is 4.79 Å². The van der Waals surface area contributed by atoms with Crippen LogP contribution in [0.4, 0.5) is 0 Å². The van der Waals surface area contributed by atoms with Crippen LogP contribution >= 0.6 is 0 Å². The average molecular weight is 258 g/mol. The van der Waals surface area contributed by atoms with Gasteiger partial charge in [0.05, 0.1) is 0 Å². The molecule has 1 unspecified atom stereocenters. The van der Waals surface area contributed by atoms with E-state index in [1.807, 2.05) is 20.8 Å². The summed E-state index contributed by atoms with van der Waals surface area (Å²) in [6.45, 7) is 6.06. The van der Waals surface area contributed by atoms with Gasteiger partial charge in [0.1, 0.15) is 5.78 Å². The van der Waals surface area contributed by atoms with Crippen molar-refractivity contribution in [3.8, 4) is 0 Å². The molecule has 0 spiro atoms. The summed E-state index contributed by atoms with van der Waals surface area (Å²) in [4.78, 5) is 12.0. The second-order valence-corrected chi connectivity index (χ2v) is 6.85. The minimum Gasteiger partial charge on any atom is -0.299 e. The molecule has 1 nitrogen and oxygen atoms in total. The summed E-state index contributed by atoms with van der Waals surface area (Å²) in [5, 5.41) is 0. The number of benzene rings is 1. The standard InChI is InChI=1S/C18H26O/c1-18(2,3)17(19)13-7-11-15-10-6-9-14-8-4-5-12-16(14)15/h4-5,8,12,15H,6-7,9-11,13H2,1-3H3.